The zero-order valence-electron chi connectivity index (χ0n) is 14.3. The summed E-state index contributed by atoms with van der Waals surface area (Å²) in [5, 5.41) is 0. The van der Waals surface area contributed by atoms with Gasteiger partial charge in [-0.2, -0.15) is 0 Å². The third-order valence-electron chi connectivity index (χ3n) is 4.45. The summed E-state index contributed by atoms with van der Waals surface area (Å²) < 4.78 is 1.75. The maximum Gasteiger partial charge on any atom is 0.264 e. The fraction of sp³-hybridized carbons (Fsp3) is 0.143. The Balaban J connectivity index is 2.17. The van der Waals surface area contributed by atoms with Crippen LogP contribution < -0.4 is 5.73 Å². The van der Waals surface area contributed by atoms with Crippen molar-refractivity contribution in [1.82, 2.24) is 4.57 Å². The van der Waals surface area contributed by atoms with Crippen molar-refractivity contribution in [2.24, 2.45) is 12.8 Å². The van der Waals surface area contributed by atoms with E-state index in [4.69, 9.17) is 12.3 Å². The highest BCUT2D eigenvalue weighted by Crippen LogP contribution is 2.39. The van der Waals surface area contributed by atoms with E-state index in [1.807, 2.05) is 61.5 Å². The lowest BCUT2D eigenvalue weighted by atomic mass is 9.99. The predicted molar refractivity (Wildman–Crippen MR) is 100 cm³/mol. The number of primary amides is 1. The highest BCUT2D eigenvalue weighted by atomic mass is 16.1. The van der Waals surface area contributed by atoms with E-state index in [0.717, 1.165) is 22.4 Å². The monoisotopic (exact) mass is 329 g/mol. The first-order chi connectivity index (χ1) is 12.1. The number of aromatic nitrogens is 1. The molecule has 3 rings (SSSR count). The summed E-state index contributed by atoms with van der Waals surface area (Å²) in [6.45, 7) is 9.53. The molecule has 4 heteroatoms. The van der Waals surface area contributed by atoms with Crippen LogP contribution in [-0.2, 0) is 13.5 Å². The summed E-state index contributed by atoms with van der Waals surface area (Å²) in [4.78, 5) is 15.7. The highest BCUT2D eigenvalue weighted by Gasteiger charge is 2.24. The molecule has 0 saturated heterocycles. The molecule has 0 aliphatic rings. The summed E-state index contributed by atoms with van der Waals surface area (Å²) in [5.41, 5.74) is 11.0. The summed E-state index contributed by atoms with van der Waals surface area (Å²) in [6.07, 6.45) is 0.663. The largest absolute Gasteiger partial charge is 0.364 e. The lowest BCUT2D eigenvalue weighted by Crippen LogP contribution is -2.17. The molecule has 25 heavy (non-hydrogen) atoms. The van der Waals surface area contributed by atoms with E-state index in [2.05, 4.69) is 4.85 Å². The second-order valence-corrected chi connectivity index (χ2v) is 5.85. The third-order valence-corrected chi connectivity index (χ3v) is 4.45. The van der Waals surface area contributed by atoms with Crippen molar-refractivity contribution in [2.75, 3.05) is 0 Å². The van der Waals surface area contributed by atoms with Crippen LogP contribution in [0.1, 0.15) is 23.1 Å². The Kier molecular flexibility index (Phi) is 4.40. The average Bonchev–Trinajstić information content (AvgIpc) is 2.94. The van der Waals surface area contributed by atoms with Crippen LogP contribution in [-0.4, -0.2) is 10.5 Å². The molecular weight excluding hydrogens is 310 g/mol. The predicted octanol–water partition coefficient (Wildman–Crippen LogP) is 4.57. The van der Waals surface area contributed by atoms with Crippen molar-refractivity contribution >= 4 is 11.6 Å². The van der Waals surface area contributed by atoms with Crippen LogP contribution >= 0.6 is 0 Å². The molecule has 0 aliphatic carbocycles. The van der Waals surface area contributed by atoms with E-state index in [9.17, 15) is 4.79 Å². The fourth-order valence-electron chi connectivity index (χ4n) is 3.26. The minimum Gasteiger partial charge on any atom is -0.364 e. The van der Waals surface area contributed by atoms with Crippen molar-refractivity contribution in [2.45, 2.75) is 13.3 Å². The van der Waals surface area contributed by atoms with E-state index < -0.39 is 5.91 Å². The van der Waals surface area contributed by atoms with Gasteiger partial charge in [-0.05, 0) is 23.1 Å². The highest BCUT2D eigenvalue weighted by molar-refractivity contribution is 6.03. The van der Waals surface area contributed by atoms with Crippen molar-refractivity contribution < 1.29 is 4.79 Å². The van der Waals surface area contributed by atoms with Crippen LogP contribution in [0.2, 0.25) is 0 Å². The smallest absolute Gasteiger partial charge is 0.264 e. The van der Waals surface area contributed by atoms with Gasteiger partial charge in [-0.15, -0.1) is 0 Å². The zero-order valence-corrected chi connectivity index (χ0v) is 14.3. The molecule has 1 amide bonds. The SMILES string of the molecule is [C-]#[N+]c1c(-c2ccc(-c3ccccc3)cc2)c(C(N)=O)n(C)c1CC. The van der Waals surface area contributed by atoms with E-state index in [0.29, 0.717) is 23.4 Å². The molecule has 1 aromatic heterocycles. The molecule has 124 valence electrons. The number of benzene rings is 2. The maximum absolute atomic E-state index is 12.0. The molecule has 0 fully saturated rings. The van der Waals surface area contributed by atoms with Gasteiger partial charge in [0.2, 0.25) is 5.69 Å². The first-order valence-corrected chi connectivity index (χ1v) is 8.13. The Morgan fingerprint density at radius 3 is 2.12 bits per heavy atom. The second kappa shape index (κ2) is 6.66. The van der Waals surface area contributed by atoms with E-state index in [1.54, 1.807) is 11.6 Å². The quantitative estimate of drug-likeness (QED) is 0.700. The molecule has 4 nitrogen and oxygen atoms in total. The molecule has 2 N–H and O–H groups in total. The average molecular weight is 329 g/mol. The molecule has 1 heterocycles. The number of rotatable bonds is 4. The van der Waals surface area contributed by atoms with Crippen molar-refractivity contribution in [3.05, 3.63) is 77.4 Å². The number of amides is 1. The molecule has 0 atom stereocenters. The molecule has 2 aromatic carbocycles. The Bertz CT molecular complexity index is 961. The fourth-order valence-corrected chi connectivity index (χ4v) is 3.26. The summed E-state index contributed by atoms with van der Waals surface area (Å²) in [6, 6.07) is 18.0. The van der Waals surface area contributed by atoms with Crippen molar-refractivity contribution in [3.63, 3.8) is 0 Å². The van der Waals surface area contributed by atoms with Gasteiger partial charge in [-0.25, -0.2) is 4.85 Å². The summed E-state index contributed by atoms with van der Waals surface area (Å²) in [7, 11) is 1.79. The van der Waals surface area contributed by atoms with Gasteiger partial charge in [0.1, 0.15) is 5.69 Å². The molecule has 0 aliphatic heterocycles. The van der Waals surface area contributed by atoms with Crippen LogP contribution in [0.25, 0.3) is 27.1 Å². The van der Waals surface area contributed by atoms with Gasteiger partial charge in [-0.3, -0.25) is 4.79 Å². The van der Waals surface area contributed by atoms with Gasteiger partial charge in [0.05, 0.1) is 6.57 Å². The molecular formula is C21H19N3O. The van der Waals surface area contributed by atoms with Gasteiger partial charge in [0.15, 0.2) is 0 Å². The molecule has 0 saturated carbocycles. The Morgan fingerprint density at radius 2 is 1.60 bits per heavy atom. The minimum absolute atomic E-state index is 0.385. The van der Waals surface area contributed by atoms with Crippen LogP contribution in [0, 0.1) is 6.57 Å². The van der Waals surface area contributed by atoms with Crippen LogP contribution in [0.15, 0.2) is 54.6 Å². The van der Waals surface area contributed by atoms with E-state index in [-0.39, 0.29) is 0 Å². The number of hydrogen-bond donors (Lipinski definition) is 1. The van der Waals surface area contributed by atoms with Crippen LogP contribution in [0.5, 0.6) is 0 Å². The number of nitrogens with zero attached hydrogens (tertiary/aromatic N) is 2. The van der Waals surface area contributed by atoms with Crippen LogP contribution in [0.3, 0.4) is 0 Å². The molecule has 0 unspecified atom stereocenters. The van der Waals surface area contributed by atoms with Crippen molar-refractivity contribution in [1.29, 1.82) is 0 Å². The number of carbonyl (C=O) groups excluding carboxylic acids is 1. The Hall–Kier alpha value is -3.32. The number of nitrogens with two attached hydrogens (primary N) is 1. The first kappa shape index (κ1) is 16.5. The Labute approximate surface area is 147 Å². The third kappa shape index (κ3) is 2.81. The lowest BCUT2D eigenvalue weighted by molar-refractivity contribution is 0.0993. The van der Waals surface area contributed by atoms with Crippen molar-refractivity contribution in [3.8, 4) is 22.3 Å². The number of carbonyl (C=O) groups is 1. The summed E-state index contributed by atoms with van der Waals surface area (Å²) >= 11 is 0. The minimum atomic E-state index is -0.519. The van der Waals surface area contributed by atoms with E-state index in [1.165, 1.54) is 0 Å². The number of hydrogen-bond acceptors (Lipinski definition) is 1. The van der Waals surface area contributed by atoms with Gasteiger partial charge >= 0.3 is 0 Å². The maximum atomic E-state index is 12.0. The molecule has 0 bridgehead atoms. The Morgan fingerprint density at radius 1 is 1.04 bits per heavy atom. The van der Waals surface area contributed by atoms with Crippen LogP contribution in [0.4, 0.5) is 5.69 Å². The normalized spacial score (nSPS) is 10.4. The molecule has 0 radical (unpaired) electrons. The topological polar surface area (TPSA) is 52.4 Å². The van der Waals surface area contributed by atoms with Gasteiger partial charge < -0.3 is 10.3 Å². The standard InChI is InChI=1S/C21H19N3O/c1-4-17-19(23-2)18(20(21(22)25)24(17)3)16-12-10-15(11-13-16)14-8-6-5-7-9-14/h5-13H,4H2,1,3H3,(H2,22,25). The lowest BCUT2D eigenvalue weighted by Gasteiger charge is -2.07. The van der Waals surface area contributed by atoms with E-state index >= 15 is 0 Å². The summed E-state index contributed by atoms with van der Waals surface area (Å²) in [5.74, 6) is -0.519. The van der Waals surface area contributed by atoms with Gasteiger partial charge in [0, 0.05) is 18.3 Å². The second-order valence-electron chi connectivity index (χ2n) is 5.85. The van der Waals surface area contributed by atoms with Gasteiger partial charge in [-0.1, -0.05) is 61.5 Å². The molecule has 0 spiro atoms. The van der Waals surface area contributed by atoms with Gasteiger partial charge in [0.25, 0.3) is 5.91 Å². The zero-order chi connectivity index (χ0) is 18.0. The molecule has 3 aromatic rings. The first-order valence-electron chi connectivity index (χ1n) is 8.13.